The fourth-order valence-electron chi connectivity index (χ4n) is 3.54. The first-order chi connectivity index (χ1) is 12.3. The van der Waals surface area contributed by atoms with Gasteiger partial charge in [-0.15, -0.1) is 11.3 Å². The molecule has 0 radical (unpaired) electrons. The molecular formula is C18H19Br2N3O2S. The van der Waals surface area contributed by atoms with Gasteiger partial charge in [-0.3, -0.25) is 9.69 Å². The van der Waals surface area contributed by atoms with Crippen LogP contribution >= 0.6 is 43.2 Å². The largest absolute Gasteiger partial charge is 0.506 e. The van der Waals surface area contributed by atoms with Gasteiger partial charge in [-0.2, -0.15) is 0 Å². The summed E-state index contributed by atoms with van der Waals surface area (Å²) in [6, 6.07) is 4.09. The molecule has 2 aliphatic rings. The Balaban J connectivity index is 1.69. The van der Waals surface area contributed by atoms with Crippen molar-refractivity contribution in [3.63, 3.8) is 0 Å². The Morgan fingerprint density at radius 1 is 1.31 bits per heavy atom. The predicted octanol–water partition coefficient (Wildman–Crippen LogP) is 4.60. The number of carbonyl (C=O) groups excluding carboxylic acids is 1. The second-order valence-corrected chi connectivity index (χ2v) is 9.77. The topological polar surface area (TPSA) is 64.6 Å². The molecule has 4 rings (SSSR count). The highest BCUT2D eigenvalue weighted by atomic mass is 79.9. The second-order valence-electron chi connectivity index (χ2n) is 6.90. The van der Waals surface area contributed by atoms with Crippen molar-refractivity contribution in [3.8, 4) is 5.75 Å². The van der Waals surface area contributed by atoms with Gasteiger partial charge < -0.3 is 15.7 Å². The molecule has 0 fully saturated rings. The van der Waals surface area contributed by atoms with Crippen LogP contribution in [0, 0.1) is 0 Å². The minimum absolute atomic E-state index is 0.0743. The number of phenols is 1. The molecule has 5 nitrogen and oxygen atoms in total. The lowest BCUT2D eigenvalue weighted by Gasteiger charge is -2.31. The zero-order chi connectivity index (χ0) is 18.6. The summed E-state index contributed by atoms with van der Waals surface area (Å²) >= 11 is 8.45. The van der Waals surface area contributed by atoms with Crippen LogP contribution in [-0.4, -0.2) is 28.5 Å². The summed E-state index contributed by atoms with van der Waals surface area (Å²) in [4.78, 5) is 16.5. The maximum atomic E-state index is 12.8. The van der Waals surface area contributed by atoms with E-state index in [0.29, 0.717) is 16.1 Å². The number of anilines is 1. The highest BCUT2D eigenvalue weighted by Gasteiger charge is 2.34. The minimum Gasteiger partial charge on any atom is -0.506 e. The van der Waals surface area contributed by atoms with E-state index in [9.17, 15) is 9.90 Å². The number of aromatic hydroxyl groups is 1. The van der Waals surface area contributed by atoms with Crippen LogP contribution in [0.25, 0.3) is 0 Å². The maximum Gasteiger partial charge on any atom is 0.256 e. The lowest BCUT2D eigenvalue weighted by molar-refractivity contribution is 0.0934. The minimum atomic E-state index is -0.467. The Labute approximate surface area is 173 Å². The van der Waals surface area contributed by atoms with Crippen molar-refractivity contribution in [1.29, 1.82) is 0 Å². The molecule has 1 atom stereocenters. The number of carbonyl (C=O) groups is 1. The van der Waals surface area contributed by atoms with Gasteiger partial charge >= 0.3 is 0 Å². The number of fused-ring (bicyclic) bond motifs is 3. The van der Waals surface area contributed by atoms with Crippen molar-refractivity contribution in [3.05, 3.63) is 42.6 Å². The summed E-state index contributed by atoms with van der Waals surface area (Å²) in [6.07, 6.45) is 0.428. The summed E-state index contributed by atoms with van der Waals surface area (Å²) in [5.74, 6) is 0.0523. The van der Waals surface area contributed by atoms with Gasteiger partial charge in [0, 0.05) is 34.0 Å². The third-order valence-corrected chi connectivity index (χ3v) is 7.17. The standard InChI is InChI=1S/C18H19Br2N3O2S/c1-8(2)23-4-3-10-13(7-23)26-18-14(10)17(25)21-16(22-18)11-5-9(19)6-12(20)15(11)24/h5-6,8,16,22,24H,3-4,7H2,1-2H3,(H,21,25)/t16-/m0/s1. The monoisotopic (exact) mass is 499 g/mol. The number of amides is 1. The summed E-state index contributed by atoms with van der Waals surface area (Å²) < 4.78 is 1.42. The Kier molecular flexibility index (Phi) is 4.79. The van der Waals surface area contributed by atoms with Gasteiger partial charge in [0.05, 0.1) is 10.0 Å². The van der Waals surface area contributed by atoms with E-state index in [1.807, 2.05) is 6.07 Å². The molecule has 0 unspecified atom stereocenters. The van der Waals surface area contributed by atoms with E-state index in [1.165, 1.54) is 10.4 Å². The van der Waals surface area contributed by atoms with Crippen molar-refractivity contribution in [2.75, 3.05) is 11.9 Å². The number of phenolic OH excluding ortho intramolecular Hbond substituents is 1. The third kappa shape index (κ3) is 3.06. The summed E-state index contributed by atoms with van der Waals surface area (Å²) in [7, 11) is 0. The molecule has 3 heterocycles. The molecule has 8 heteroatoms. The van der Waals surface area contributed by atoms with Crippen molar-refractivity contribution < 1.29 is 9.90 Å². The van der Waals surface area contributed by atoms with Gasteiger partial charge in [0.15, 0.2) is 0 Å². The predicted molar refractivity (Wildman–Crippen MR) is 111 cm³/mol. The molecule has 0 saturated heterocycles. The van der Waals surface area contributed by atoms with Gasteiger partial charge in [-0.1, -0.05) is 15.9 Å². The van der Waals surface area contributed by atoms with Crippen LogP contribution in [-0.2, 0) is 13.0 Å². The average molecular weight is 501 g/mol. The molecule has 1 aromatic carbocycles. The van der Waals surface area contributed by atoms with Crippen molar-refractivity contribution >= 4 is 54.1 Å². The molecule has 138 valence electrons. The summed E-state index contributed by atoms with van der Waals surface area (Å²) in [5, 5.41) is 17.7. The lowest BCUT2D eigenvalue weighted by atomic mass is 9.99. The van der Waals surface area contributed by atoms with Gasteiger partial charge in [0.2, 0.25) is 0 Å². The Hall–Kier alpha value is -1.09. The number of rotatable bonds is 2. The molecule has 0 saturated carbocycles. The first-order valence-electron chi connectivity index (χ1n) is 8.49. The number of hydrogen-bond acceptors (Lipinski definition) is 5. The molecular weight excluding hydrogens is 482 g/mol. The first-order valence-corrected chi connectivity index (χ1v) is 10.9. The highest BCUT2D eigenvalue weighted by Crippen LogP contribution is 2.43. The van der Waals surface area contributed by atoms with E-state index in [2.05, 4.69) is 61.2 Å². The number of thiophene rings is 1. The van der Waals surface area contributed by atoms with Crippen LogP contribution in [0.1, 0.15) is 46.4 Å². The zero-order valence-electron chi connectivity index (χ0n) is 14.4. The van der Waals surface area contributed by atoms with E-state index < -0.39 is 6.17 Å². The molecule has 0 aliphatic carbocycles. The quantitative estimate of drug-likeness (QED) is 0.563. The number of hydrogen-bond donors (Lipinski definition) is 3. The molecule has 1 aromatic heterocycles. The van der Waals surface area contributed by atoms with E-state index >= 15 is 0 Å². The molecule has 3 N–H and O–H groups in total. The Morgan fingerprint density at radius 3 is 2.81 bits per heavy atom. The van der Waals surface area contributed by atoms with Crippen LogP contribution < -0.4 is 10.6 Å². The summed E-state index contributed by atoms with van der Waals surface area (Å²) in [6.45, 7) is 6.27. The number of nitrogens with one attached hydrogen (secondary N) is 2. The van der Waals surface area contributed by atoms with Gasteiger partial charge in [-0.05, 0) is 53.9 Å². The lowest BCUT2D eigenvalue weighted by Crippen LogP contribution is -2.39. The van der Waals surface area contributed by atoms with Crippen molar-refractivity contribution in [2.24, 2.45) is 0 Å². The SMILES string of the molecule is CC(C)N1CCc2c(sc3c2C(=O)N[C@H](c2cc(Br)cc(Br)c2O)N3)C1. The highest BCUT2D eigenvalue weighted by molar-refractivity contribution is 9.11. The second kappa shape index (κ2) is 6.82. The van der Waals surface area contributed by atoms with E-state index in [1.54, 1.807) is 17.4 Å². The van der Waals surface area contributed by atoms with Crippen LogP contribution in [0.3, 0.4) is 0 Å². The van der Waals surface area contributed by atoms with E-state index in [0.717, 1.165) is 34.5 Å². The fraction of sp³-hybridized carbons (Fsp3) is 0.389. The smallest absolute Gasteiger partial charge is 0.256 e. The Bertz CT molecular complexity index is 897. The molecule has 0 spiro atoms. The van der Waals surface area contributed by atoms with Crippen LogP contribution in [0.4, 0.5) is 5.00 Å². The number of benzene rings is 1. The normalized spacial score (nSPS) is 19.7. The number of halogens is 2. The van der Waals surface area contributed by atoms with E-state index in [4.69, 9.17) is 0 Å². The van der Waals surface area contributed by atoms with Crippen LogP contribution in [0.2, 0.25) is 0 Å². The third-order valence-electron chi connectivity index (χ3n) is 4.96. The van der Waals surface area contributed by atoms with Gasteiger partial charge in [0.1, 0.15) is 16.9 Å². The van der Waals surface area contributed by atoms with Crippen LogP contribution in [0.5, 0.6) is 5.75 Å². The fourth-order valence-corrected chi connectivity index (χ4v) is 6.09. The van der Waals surface area contributed by atoms with Crippen molar-refractivity contribution in [1.82, 2.24) is 10.2 Å². The van der Waals surface area contributed by atoms with Gasteiger partial charge in [-0.25, -0.2) is 0 Å². The van der Waals surface area contributed by atoms with Crippen molar-refractivity contribution in [2.45, 2.75) is 39.0 Å². The average Bonchev–Trinajstić information content (AvgIpc) is 2.95. The van der Waals surface area contributed by atoms with Crippen LogP contribution in [0.15, 0.2) is 21.1 Å². The van der Waals surface area contributed by atoms with Gasteiger partial charge in [0.25, 0.3) is 5.91 Å². The summed E-state index contributed by atoms with van der Waals surface area (Å²) in [5.41, 5.74) is 2.57. The molecule has 2 aromatic rings. The first kappa shape index (κ1) is 18.3. The maximum absolute atomic E-state index is 12.8. The molecule has 1 amide bonds. The molecule has 0 bridgehead atoms. The number of nitrogens with zero attached hydrogens (tertiary/aromatic N) is 1. The molecule has 2 aliphatic heterocycles. The zero-order valence-corrected chi connectivity index (χ0v) is 18.4. The van der Waals surface area contributed by atoms with E-state index in [-0.39, 0.29) is 11.7 Å². The molecule has 26 heavy (non-hydrogen) atoms. The Morgan fingerprint density at radius 2 is 2.08 bits per heavy atom.